The van der Waals surface area contributed by atoms with E-state index in [0.717, 1.165) is 16.6 Å². The first-order valence-corrected chi connectivity index (χ1v) is 8.05. The summed E-state index contributed by atoms with van der Waals surface area (Å²) in [4.78, 5) is 11.1. The molecule has 1 amide bonds. The van der Waals surface area contributed by atoms with Crippen molar-refractivity contribution in [3.05, 3.63) is 54.1 Å². The first-order valence-electron chi connectivity index (χ1n) is 8.05. The van der Waals surface area contributed by atoms with E-state index in [1.165, 1.54) is 0 Å². The first-order chi connectivity index (χ1) is 11.2. The van der Waals surface area contributed by atoms with Crippen molar-refractivity contribution in [2.75, 3.05) is 0 Å². The molecule has 24 heavy (non-hydrogen) atoms. The molecule has 0 spiro atoms. The van der Waals surface area contributed by atoms with Gasteiger partial charge in [0.05, 0.1) is 11.2 Å². The molecule has 2 aromatic carbocycles. The average Bonchev–Trinajstić information content (AvgIpc) is 2.76. The highest BCUT2D eigenvalue weighted by molar-refractivity contribution is 6.62. The Kier molecular flexibility index (Phi) is 4.02. The van der Waals surface area contributed by atoms with Crippen LogP contribution in [0.5, 0.6) is 0 Å². The molecule has 2 aromatic rings. The van der Waals surface area contributed by atoms with Crippen LogP contribution >= 0.6 is 0 Å². The summed E-state index contributed by atoms with van der Waals surface area (Å²) < 4.78 is 12.1. The van der Waals surface area contributed by atoms with Crippen LogP contribution in [0.15, 0.2) is 48.5 Å². The van der Waals surface area contributed by atoms with Gasteiger partial charge in [-0.05, 0) is 56.4 Å². The summed E-state index contributed by atoms with van der Waals surface area (Å²) in [5.41, 5.74) is 8.17. The van der Waals surface area contributed by atoms with E-state index in [0.29, 0.717) is 5.56 Å². The second kappa shape index (κ2) is 5.76. The van der Waals surface area contributed by atoms with Crippen LogP contribution in [-0.4, -0.2) is 24.2 Å². The van der Waals surface area contributed by atoms with Gasteiger partial charge in [-0.25, -0.2) is 0 Å². The van der Waals surface area contributed by atoms with Crippen molar-refractivity contribution >= 4 is 18.5 Å². The van der Waals surface area contributed by atoms with Gasteiger partial charge in [-0.2, -0.15) is 0 Å². The zero-order valence-electron chi connectivity index (χ0n) is 14.5. The number of nitrogens with two attached hydrogens (primary N) is 1. The summed E-state index contributed by atoms with van der Waals surface area (Å²) in [5.74, 6) is -0.419. The van der Waals surface area contributed by atoms with Gasteiger partial charge < -0.3 is 15.0 Å². The third kappa shape index (κ3) is 2.97. The Morgan fingerprint density at radius 3 is 1.67 bits per heavy atom. The molecule has 1 aliphatic rings. The van der Waals surface area contributed by atoms with Crippen LogP contribution in [-0.2, 0) is 9.31 Å². The molecule has 124 valence electrons. The van der Waals surface area contributed by atoms with Gasteiger partial charge in [0.1, 0.15) is 0 Å². The van der Waals surface area contributed by atoms with Gasteiger partial charge >= 0.3 is 7.12 Å². The number of amides is 1. The third-order valence-electron chi connectivity index (χ3n) is 4.94. The van der Waals surface area contributed by atoms with Gasteiger partial charge in [-0.3, -0.25) is 4.79 Å². The fourth-order valence-electron chi connectivity index (χ4n) is 2.64. The standard InChI is InChI=1S/C19H22BNO3/c1-18(2)19(3,4)24-20(23-18)16-11-9-14(10-12-16)13-5-7-15(8-6-13)17(21)22/h5-12H,1-4H3,(H2,21,22). The molecule has 0 aliphatic carbocycles. The number of carbonyl (C=O) groups excluding carboxylic acids is 1. The second-order valence-corrected chi connectivity index (χ2v) is 7.15. The molecular formula is C19H22BNO3. The zero-order valence-corrected chi connectivity index (χ0v) is 14.5. The molecule has 0 saturated carbocycles. The summed E-state index contributed by atoms with van der Waals surface area (Å²) in [5, 5.41) is 0. The molecule has 1 saturated heterocycles. The molecule has 1 fully saturated rings. The Labute approximate surface area is 143 Å². The topological polar surface area (TPSA) is 61.5 Å². The highest BCUT2D eigenvalue weighted by Gasteiger charge is 2.51. The molecule has 2 N–H and O–H groups in total. The van der Waals surface area contributed by atoms with Crippen molar-refractivity contribution in [2.45, 2.75) is 38.9 Å². The fourth-order valence-corrected chi connectivity index (χ4v) is 2.64. The normalized spacial score (nSPS) is 18.6. The molecule has 0 unspecified atom stereocenters. The van der Waals surface area contributed by atoms with Crippen LogP contribution in [0, 0.1) is 0 Å². The minimum atomic E-state index is -0.419. The first kappa shape index (κ1) is 16.7. The van der Waals surface area contributed by atoms with Crippen molar-refractivity contribution in [1.29, 1.82) is 0 Å². The van der Waals surface area contributed by atoms with E-state index in [1.54, 1.807) is 12.1 Å². The maximum absolute atomic E-state index is 11.1. The van der Waals surface area contributed by atoms with E-state index in [-0.39, 0.29) is 18.3 Å². The van der Waals surface area contributed by atoms with Crippen LogP contribution in [0.4, 0.5) is 0 Å². The van der Waals surface area contributed by atoms with Crippen molar-refractivity contribution in [2.24, 2.45) is 5.73 Å². The molecule has 1 aliphatic heterocycles. The number of hydrogen-bond donors (Lipinski definition) is 1. The molecule has 0 atom stereocenters. The van der Waals surface area contributed by atoms with Gasteiger partial charge in [-0.15, -0.1) is 0 Å². The van der Waals surface area contributed by atoms with Crippen molar-refractivity contribution in [3.63, 3.8) is 0 Å². The Morgan fingerprint density at radius 2 is 1.25 bits per heavy atom. The third-order valence-corrected chi connectivity index (χ3v) is 4.94. The Hall–Kier alpha value is -2.11. The number of hydrogen-bond acceptors (Lipinski definition) is 3. The highest BCUT2D eigenvalue weighted by atomic mass is 16.7. The molecule has 5 heteroatoms. The lowest BCUT2D eigenvalue weighted by molar-refractivity contribution is 0.00578. The summed E-state index contributed by atoms with van der Waals surface area (Å²) in [6.45, 7) is 8.17. The Balaban J connectivity index is 1.80. The van der Waals surface area contributed by atoms with Crippen molar-refractivity contribution < 1.29 is 14.1 Å². The fraction of sp³-hybridized carbons (Fsp3) is 0.316. The lowest BCUT2D eigenvalue weighted by Crippen LogP contribution is -2.41. The average molecular weight is 323 g/mol. The number of benzene rings is 2. The quantitative estimate of drug-likeness (QED) is 0.884. The van der Waals surface area contributed by atoms with E-state index in [9.17, 15) is 4.79 Å². The predicted octanol–water partition coefficient (Wildman–Crippen LogP) is 2.75. The summed E-state index contributed by atoms with van der Waals surface area (Å²) in [6, 6.07) is 15.3. The van der Waals surface area contributed by atoms with Gasteiger partial charge in [-0.1, -0.05) is 36.4 Å². The van der Waals surface area contributed by atoms with Gasteiger partial charge in [0.2, 0.25) is 5.91 Å². The molecule has 0 radical (unpaired) electrons. The van der Waals surface area contributed by atoms with E-state index in [2.05, 4.69) is 0 Å². The highest BCUT2D eigenvalue weighted by Crippen LogP contribution is 2.36. The smallest absolute Gasteiger partial charge is 0.399 e. The van der Waals surface area contributed by atoms with Crippen LogP contribution in [0.1, 0.15) is 38.1 Å². The predicted molar refractivity (Wildman–Crippen MR) is 96.1 cm³/mol. The molecule has 4 nitrogen and oxygen atoms in total. The number of rotatable bonds is 3. The maximum Gasteiger partial charge on any atom is 0.494 e. The van der Waals surface area contributed by atoms with Crippen molar-refractivity contribution in [1.82, 2.24) is 0 Å². The molecule has 3 rings (SSSR count). The molecule has 0 aromatic heterocycles. The van der Waals surface area contributed by atoms with Crippen LogP contribution < -0.4 is 11.2 Å². The van der Waals surface area contributed by atoms with E-state index >= 15 is 0 Å². The molecular weight excluding hydrogens is 301 g/mol. The molecule has 1 heterocycles. The summed E-state index contributed by atoms with van der Waals surface area (Å²) in [7, 11) is -0.360. The number of primary amides is 1. The van der Waals surface area contributed by atoms with Crippen molar-refractivity contribution in [3.8, 4) is 11.1 Å². The monoisotopic (exact) mass is 323 g/mol. The Morgan fingerprint density at radius 1 is 0.833 bits per heavy atom. The Bertz CT molecular complexity index is 735. The minimum Gasteiger partial charge on any atom is -0.399 e. The van der Waals surface area contributed by atoms with Crippen LogP contribution in [0.3, 0.4) is 0 Å². The zero-order chi connectivity index (χ0) is 17.5. The van der Waals surface area contributed by atoms with Gasteiger partial charge in [0, 0.05) is 5.56 Å². The van der Waals surface area contributed by atoms with Gasteiger partial charge in [0.15, 0.2) is 0 Å². The summed E-state index contributed by atoms with van der Waals surface area (Å²) >= 11 is 0. The van der Waals surface area contributed by atoms with Crippen LogP contribution in [0.25, 0.3) is 11.1 Å². The number of carbonyl (C=O) groups is 1. The SMILES string of the molecule is CC1(C)OB(c2ccc(-c3ccc(C(N)=O)cc3)cc2)OC1(C)C. The lowest BCUT2D eigenvalue weighted by atomic mass is 9.78. The second-order valence-electron chi connectivity index (χ2n) is 7.15. The van der Waals surface area contributed by atoms with E-state index < -0.39 is 5.91 Å². The van der Waals surface area contributed by atoms with Crippen LogP contribution in [0.2, 0.25) is 0 Å². The lowest BCUT2D eigenvalue weighted by Gasteiger charge is -2.32. The largest absolute Gasteiger partial charge is 0.494 e. The summed E-state index contributed by atoms with van der Waals surface area (Å²) in [6.07, 6.45) is 0. The van der Waals surface area contributed by atoms with E-state index in [1.807, 2.05) is 64.1 Å². The maximum atomic E-state index is 11.1. The van der Waals surface area contributed by atoms with E-state index in [4.69, 9.17) is 15.0 Å². The minimum absolute atomic E-state index is 0.346. The molecule has 0 bridgehead atoms. The van der Waals surface area contributed by atoms with Gasteiger partial charge in [0.25, 0.3) is 0 Å².